The van der Waals surface area contributed by atoms with Crippen molar-refractivity contribution in [1.29, 1.82) is 0 Å². The van der Waals surface area contributed by atoms with Crippen molar-refractivity contribution in [3.05, 3.63) is 23.8 Å². The summed E-state index contributed by atoms with van der Waals surface area (Å²) in [6.45, 7) is 0.0443. The molecule has 1 unspecified atom stereocenters. The molecule has 0 aliphatic carbocycles. The van der Waals surface area contributed by atoms with Crippen molar-refractivity contribution in [3.63, 3.8) is 0 Å². The fraction of sp³-hybridized carbons (Fsp3) is 0.400. The van der Waals surface area contributed by atoms with Gasteiger partial charge in [0.05, 0.1) is 26.9 Å². The highest BCUT2D eigenvalue weighted by Crippen LogP contribution is 2.28. The minimum atomic E-state index is -0.823. The first-order chi connectivity index (χ1) is 7.22. The Labute approximate surface area is 88.2 Å². The number of aliphatic hydroxyl groups excluding tert-OH is 1. The van der Waals surface area contributed by atoms with E-state index in [1.165, 1.54) is 7.11 Å². The third-order valence-corrected chi connectivity index (χ3v) is 2.08. The standard InChI is InChI=1S/C10H15NO4/c1-14-7-3-4-8(9(12)6-11-13)10(5-7)15-2/h3-5,9,11-13H,6H2,1-2H3. The van der Waals surface area contributed by atoms with Gasteiger partial charge in [0, 0.05) is 11.6 Å². The summed E-state index contributed by atoms with van der Waals surface area (Å²) in [6.07, 6.45) is -0.823. The molecule has 1 aromatic carbocycles. The van der Waals surface area contributed by atoms with Crippen molar-refractivity contribution in [1.82, 2.24) is 5.48 Å². The minimum absolute atomic E-state index is 0.0443. The van der Waals surface area contributed by atoms with Gasteiger partial charge < -0.3 is 19.8 Å². The molecule has 15 heavy (non-hydrogen) atoms. The average molecular weight is 213 g/mol. The Hall–Kier alpha value is -1.30. The highest BCUT2D eigenvalue weighted by Gasteiger charge is 2.13. The summed E-state index contributed by atoms with van der Waals surface area (Å²) >= 11 is 0. The zero-order valence-electron chi connectivity index (χ0n) is 8.73. The highest BCUT2D eigenvalue weighted by molar-refractivity contribution is 5.42. The van der Waals surface area contributed by atoms with Gasteiger partial charge in [-0.05, 0) is 12.1 Å². The number of nitrogens with one attached hydrogen (secondary N) is 1. The number of ether oxygens (including phenoxy) is 2. The van der Waals surface area contributed by atoms with Gasteiger partial charge in [0.25, 0.3) is 0 Å². The fourth-order valence-corrected chi connectivity index (χ4v) is 1.29. The summed E-state index contributed by atoms with van der Waals surface area (Å²) < 4.78 is 10.1. The third-order valence-electron chi connectivity index (χ3n) is 2.08. The predicted octanol–water partition coefficient (Wildman–Crippen LogP) is 0.716. The van der Waals surface area contributed by atoms with Gasteiger partial charge in [-0.15, -0.1) is 0 Å². The third kappa shape index (κ3) is 2.82. The van der Waals surface area contributed by atoms with Crippen molar-refractivity contribution in [2.45, 2.75) is 6.10 Å². The number of rotatable bonds is 5. The molecule has 84 valence electrons. The van der Waals surface area contributed by atoms with Crippen molar-refractivity contribution in [2.75, 3.05) is 20.8 Å². The summed E-state index contributed by atoms with van der Waals surface area (Å²) in [7, 11) is 3.07. The predicted molar refractivity (Wildman–Crippen MR) is 54.3 cm³/mol. The lowest BCUT2D eigenvalue weighted by atomic mass is 10.1. The molecule has 0 bridgehead atoms. The second kappa shape index (κ2) is 5.55. The second-order valence-electron chi connectivity index (χ2n) is 2.99. The Bertz CT molecular complexity index is 316. The Morgan fingerprint density at radius 3 is 2.60 bits per heavy atom. The lowest BCUT2D eigenvalue weighted by Gasteiger charge is -2.14. The molecular weight excluding hydrogens is 198 g/mol. The van der Waals surface area contributed by atoms with Crippen molar-refractivity contribution < 1.29 is 19.8 Å². The monoisotopic (exact) mass is 213 g/mol. The van der Waals surface area contributed by atoms with Crippen LogP contribution in [0.1, 0.15) is 11.7 Å². The molecule has 0 heterocycles. The first kappa shape index (κ1) is 11.8. The maximum Gasteiger partial charge on any atom is 0.128 e. The van der Waals surface area contributed by atoms with Gasteiger partial charge in [-0.3, -0.25) is 0 Å². The molecule has 0 amide bonds. The minimum Gasteiger partial charge on any atom is -0.497 e. The zero-order chi connectivity index (χ0) is 11.3. The van der Waals surface area contributed by atoms with Gasteiger partial charge in [0.15, 0.2) is 0 Å². The maximum absolute atomic E-state index is 9.65. The number of hydrogen-bond acceptors (Lipinski definition) is 5. The molecule has 1 aromatic rings. The average Bonchev–Trinajstić information content (AvgIpc) is 2.28. The van der Waals surface area contributed by atoms with E-state index in [4.69, 9.17) is 14.7 Å². The molecule has 3 N–H and O–H groups in total. The Balaban J connectivity index is 2.96. The van der Waals surface area contributed by atoms with E-state index in [0.717, 1.165) is 0 Å². The summed E-state index contributed by atoms with van der Waals surface area (Å²) in [5, 5.41) is 18.1. The van der Waals surface area contributed by atoms with E-state index in [1.807, 2.05) is 5.48 Å². The fourth-order valence-electron chi connectivity index (χ4n) is 1.29. The van der Waals surface area contributed by atoms with E-state index >= 15 is 0 Å². The maximum atomic E-state index is 9.65. The molecule has 0 spiro atoms. The van der Waals surface area contributed by atoms with Crippen molar-refractivity contribution >= 4 is 0 Å². The van der Waals surface area contributed by atoms with Gasteiger partial charge >= 0.3 is 0 Å². The SMILES string of the molecule is COc1ccc(C(O)CNO)c(OC)c1. The van der Waals surface area contributed by atoms with Crippen LogP contribution in [0.15, 0.2) is 18.2 Å². The summed E-state index contributed by atoms with van der Waals surface area (Å²) in [6, 6.07) is 5.09. The molecule has 0 saturated carbocycles. The topological polar surface area (TPSA) is 71.0 Å². The molecule has 0 aromatic heterocycles. The largest absolute Gasteiger partial charge is 0.497 e. The van der Waals surface area contributed by atoms with Crippen LogP contribution in [0.25, 0.3) is 0 Å². The van der Waals surface area contributed by atoms with Crippen molar-refractivity contribution in [3.8, 4) is 11.5 Å². The van der Waals surface area contributed by atoms with Crippen LogP contribution in [0.2, 0.25) is 0 Å². The highest BCUT2D eigenvalue weighted by atomic mass is 16.5. The number of aliphatic hydroxyl groups is 1. The molecule has 0 radical (unpaired) electrons. The van der Waals surface area contributed by atoms with Gasteiger partial charge in [-0.2, -0.15) is 0 Å². The van der Waals surface area contributed by atoms with Gasteiger partial charge in [-0.1, -0.05) is 0 Å². The van der Waals surface area contributed by atoms with Crippen LogP contribution in [0.3, 0.4) is 0 Å². The number of hydroxylamine groups is 1. The lowest BCUT2D eigenvalue weighted by Crippen LogP contribution is -2.17. The van der Waals surface area contributed by atoms with E-state index in [1.54, 1.807) is 25.3 Å². The van der Waals surface area contributed by atoms with E-state index in [9.17, 15) is 5.11 Å². The molecule has 1 atom stereocenters. The summed E-state index contributed by atoms with van der Waals surface area (Å²) in [4.78, 5) is 0. The van der Waals surface area contributed by atoms with Crippen LogP contribution in [0.4, 0.5) is 0 Å². The van der Waals surface area contributed by atoms with E-state index in [2.05, 4.69) is 0 Å². The van der Waals surface area contributed by atoms with E-state index in [0.29, 0.717) is 17.1 Å². The van der Waals surface area contributed by atoms with Crippen LogP contribution in [-0.4, -0.2) is 31.1 Å². The first-order valence-corrected chi connectivity index (χ1v) is 4.50. The smallest absolute Gasteiger partial charge is 0.128 e. The van der Waals surface area contributed by atoms with E-state index in [-0.39, 0.29) is 6.54 Å². The molecule has 5 heteroatoms. The quantitative estimate of drug-likeness (QED) is 0.628. The molecule has 5 nitrogen and oxygen atoms in total. The van der Waals surface area contributed by atoms with Crippen LogP contribution in [-0.2, 0) is 0 Å². The summed E-state index contributed by atoms with van der Waals surface area (Å²) in [5.41, 5.74) is 2.51. The van der Waals surface area contributed by atoms with Gasteiger partial charge in [-0.25, -0.2) is 5.48 Å². The Morgan fingerprint density at radius 1 is 1.33 bits per heavy atom. The normalized spacial score (nSPS) is 12.3. The molecule has 0 aliphatic rings. The van der Waals surface area contributed by atoms with E-state index < -0.39 is 6.10 Å². The van der Waals surface area contributed by atoms with Crippen molar-refractivity contribution in [2.24, 2.45) is 0 Å². The zero-order valence-corrected chi connectivity index (χ0v) is 8.73. The van der Waals surface area contributed by atoms with Gasteiger partial charge in [0.1, 0.15) is 11.5 Å². The molecular formula is C10H15NO4. The number of methoxy groups -OCH3 is 2. The first-order valence-electron chi connectivity index (χ1n) is 4.50. The summed E-state index contributed by atoms with van der Waals surface area (Å²) in [5.74, 6) is 1.18. The van der Waals surface area contributed by atoms with Gasteiger partial charge in [0.2, 0.25) is 0 Å². The number of hydrogen-bond donors (Lipinski definition) is 3. The van der Waals surface area contributed by atoms with Crippen LogP contribution < -0.4 is 15.0 Å². The Morgan fingerprint density at radius 2 is 2.07 bits per heavy atom. The molecule has 1 rings (SSSR count). The Kier molecular flexibility index (Phi) is 4.36. The molecule has 0 saturated heterocycles. The van der Waals surface area contributed by atoms with Crippen LogP contribution in [0.5, 0.6) is 11.5 Å². The van der Waals surface area contributed by atoms with Crippen LogP contribution in [0, 0.1) is 0 Å². The molecule has 0 aliphatic heterocycles. The number of benzene rings is 1. The second-order valence-corrected chi connectivity index (χ2v) is 2.99. The lowest BCUT2D eigenvalue weighted by molar-refractivity contribution is 0.0906. The van der Waals surface area contributed by atoms with Crippen LogP contribution >= 0.6 is 0 Å². The molecule has 0 fully saturated rings.